The lowest BCUT2D eigenvalue weighted by molar-refractivity contribution is -0.0259. The molecule has 0 amide bonds. The molecule has 3 aromatic carbocycles. The van der Waals surface area contributed by atoms with Crippen LogP contribution < -0.4 is 4.90 Å². The van der Waals surface area contributed by atoms with Gasteiger partial charge in [-0.1, -0.05) is 72.3 Å². The molecule has 0 atom stereocenters. The predicted octanol–water partition coefficient (Wildman–Crippen LogP) is 5.72. The van der Waals surface area contributed by atoms with Gasteiger partial charge in [0.1, 0.15) is 0 Å². The highest BCUT2D eigenvalue weighted by Crippen LogP contribution is 2.33. The Morgan fingerprint density at radius 2 is 1.45 bits per heavy atom. The van der Waals surface area contributed by atoms with Gasteiger partial charge in [0.15, 0.2) is 0 Å². The minimum Gasteiger partial charge on any atom is -0.385 e. The van der Waals surface area contributed by atoms with Crippen molar-refractivity contribution in [3.8, 4) is 0 Å². The monoisotopic (exact) mass is 434 g/mol. The molecule has 4 heteroatoms. The number of aliphatic hydroxyl groups is 1. The molecular weight excluding hydrogens is 404 g/mol. The van der Waals surface area contributed by atoms with E-state index >= 15 is 0 Å². The maximum atomic E-state index is 11.1. The van der Waals surface area contributed by atoms with Crippen molar-refractivity contribution in [3.05, 3.63) is 101 Å². The Morgan fingerprint density at radius 1 is 0.839 bits per heavy atom. The fourth-order valence-electron chi connectivity index (χ4n) is 4.42. The van der Waals surface area contributed by atoms with Gasteiger partial charge in [0.25, 0.3) is 0 Å². The maximum Gasteiger partial charge on any atom is 0.0920 e. The highest BCUT2D eigenvalue weighted by atomic mass is 35.5. The van der Waals surface area contributed by atoms with Crippen LogP contribution in [0.15, 0.2) is 84.9 Å². The molecule has 3 aromatic rings. The van der Waals surface area contributed by atoms with Gasteiger partial charge >= 0.3 is 0 Å². The Bertz CT molecular complexity index is 922. The first-order chi connectivity index (χ1) is 15.1. The average molecular weight is 435 g/mol. The quantitative estimate of drug-likeness (QED) is 0.491. The Labute approximate surface area is 190 Å². The van der Waals surface area contributed by atoms with E-state index in [1.165, 1.54) is 11.3 Å². The first-order valence-corrected chi connectivity index (χ1v) is 11.5. The molecule has 0 spiro atoms. The van der Waals surface area contributed by atoms with Gasteiger partial charge in [-0.15, -0.1) is 0 Å². The summed E-state index contributed by atoms with van der Waals surface area (Å²) in [6.45, 7) is 4.82. The molecule has 1 aliphatic heterocycles. The van der Waals surface area contributed by atoms with Gasteiger partial charge in [-0.25, -0.2) is 0 Å². The van der Waals surface area contributed by atoms with E-state index in [9.17, 15) is 5.11 Å². The molecule has 31 heavy (non-hydrogen) atoms. The number of benzene rings is 3. The standard InChI is InChI=1S/C27H31ClN2O/c28-25-14-12-24(13-15-25)27(31)16-20-29(21-17-27)18-7-19-30(26-10-5-2-6-11-26)22-23-8-3-1-4-9-23/h1-6,8-15,31H,7,16-22H2. The number of anilines is 1. The molecule has 4 rings (SSSR count). The normalized spacial score (nSPS) is 16.2. The number of nitrogens with zero attached hydrogens (tertiary/aromatic N) is 2. The fourth-order valence-corrected chi connectivity index (χ4v) is 4.55. The van der Waals surface area contributed by atoms with E-state index in [0.29, 0.717) is 5.02 Å². The highest BCUT2D eigenvalue weighted by Gasteiger charge is 2.33. The van der Waals surface area contributed by atoms with Gasteiger partial charge in [0, 0.05) is 36.9 Å². The van der Waals surface area contributed by atoms with Crippen LogP contribution >= 0.6 is 11.6 Å². The second-order valence-corrected chi connectivity index (χ2v) is 8.91. The van der Waals surface area contributed by atoms with Crippen molar-refractivity contribution in [2.75, 3.05) is 31.1 Å². The molecule has 1 saturated heterocycles. The van der Waals surface area contributed by atoms with Crippen molar-refractivity contribution < 1.29 is 5.11 Å². The van der Waals surface area contributed by atoms with Gasteiger partial charge < -0.3 is 14.9 Å². The van der Waals surface area contributed by atoms with E-state index in [4.69, 9.17) is 11.6 Å². The van der Waals surface area contributed by atoms with Crippen LogP contribution in [0.4, 0.5) is 5.69 Å². The molecule has 1 heterocycles. The first kappa shape index (κ1) is 21.9. The Kier molecular flexibility index (Phi) is 7.29. The van der Waals surface area contributed by atoms with Crippen LogP contribution in [0.3, 0.4) is 0 Å². The number of rotatable bonds is 8. The van der Waals surface area contributed by atoms with Crippen molar-refractivity contribution in [2.45, 2.75) is 31.4 Å². The molecule has 162 valence electrons. The van der Waals surface area contributed by atoms with Gasteiger partial charge in [0.2, 0.25) is 0 Å². The van der Waals surface area contributed by atoms with Crippen LogP contribution in [-0.2, 0) is 12.1 Å². The Balaban J connectivity index is 1.30. The van der Waals surface area contributed by atoms with Gasteiger partial charge in [0.05, 0.1) is 5.60 Å². The molecular formula is C27H31ClN2O. The number of hydrogen-bond donors (Lipinski definition) is 1. The van der Waals surface area contributed by atoms with E-state index in [1.807, 2.05) is 24.3 Å². The summed E-state index contributed by atoms with van der Waals surface area (Å²) in [6.07, 6.45) is 2.63. The van der Waals surface area contributed by atoms with Crippen LogP contribution in [0.1, 0.15) is 30.4 Å². The predicted molar refractivity (Wildman–Crippen MR) is 130 cm³/mol. The van der Waals surface area contributed by atoms with Crippen molar-refractivity contribution in [1.29, 1.82) is 0 Å². The topological polar surface area (TPSA) is 26.7 Å². The van der Waals surface area contributed by atoms with Gasteiger partial charge in [-0.2, -0.15) is 0 Å². The van der Waals surface area contributed by atoms with E-state index in [0.717, 1.165) is 57.5 Å². The summed E-state index contributed by atoms with van der Waals surface area (Å²) in [7, 11) is 0. The molecule has 0 unspecified atom stereocenters. The Morgan fingerprint density at radius 3 is 2.10 bits per heavy atom. The lowest BCUT2D eigenvalue weighted by Crippen LogP contribution is -2.43. The minimum atomic E-state index is -0.732. The molecule has 0 radical (unpaired) electrons. The van der Waals surface area contributed by atoms with Crippen LogP contribution in [-0.4, -0.2) is 36.2 Å². The maximum absolute atomic E-state index is 11.1. The van der Waals surface area contributed by atoms with E-state index in [1.54, 1.807) is 0 Å². The highest BCUT2D eigenvalue weighted by molar-refractivity contribution is 6.30. The number of para-hydroxylation sites is 1. The van der Waals surface area contributed by atoms with Gasteiger partial charge in [-0.05, 0) is 61.2 Å². The number of piperidine rings is 1. The van der Waals surface area contributed by atoms with Crippen molar-refractivity contribution in [1.82, 2.24) is 4.90 Å². The molecule has 3 nitrogen and oxygen atoms in total. The first-order valence-electron chi connectivity index (χ1n) is 11.2. The fraction of sp³-hybridized carbons (Fsp3) is 0.333. The van der Waals surface area contributed by atoms with E-state index in [-0.39, 0.29) is 0 Å². The SMILES string of the molecule is OC1(c2ccc(Cl)cc2)CCN(CCCN(Cc2ccccc2)c2ccccc2)CC1. The van der Waals surface area contributed by atoms with E-state index < -0.39 is 5.60 Å². The second kappa shape index (κ2) is 10.3. The molecule has 1 N–H and O–H groups in total. The number of likely N-dealkylation sites (tertiary alicyclic amines) is 1. The lowest BCUT2D eigenvalue weighted by Gasteiger charge is -2.39. The summed E-state index contributed by atoms with van der Waals surface area (Å²) in [5, 5.41) is 11.8. The minimum absolute atomic E-state index is 0.711. The summed E-state index contributed by atoms with van der Waals surface area (Å²) in [5.41, 5.74) is 2.85. The largest absolute Gasteiger partial charge is 0.385 e. The summed E-state index contributed by atoms with van der Waals surface area (Å²) in [4.78, 5) is 4.94. The average Bonchev–Trinajstić information content (AvgIpc) is 2.81. The zero-order valence-electron chi connectivity index (χ0n) is 18.0. The van der Waals surface area contributed by atoms with E-state index in [2.05, 4.69) is 70.5 Å². The third kappa shape index (κ3) is 5.88. The number of hydrogen-bond acceptors (Lipinski definition) is 3. The molecule has 0 bridgehead atoms. The van der Waals surface area contributed by atoms with Crippen molar-refractivity contribution in [2.24, 2.45) is 0 Å². The third-order valence-corrected chi connectivity index (χ3v) is 6.56. The molecule has 0 saturated carbocycles. The smallest absolute Gasteiger partial charge is 0.0920 e. The van der Waals surface area contributed by atoms with Gasteiger partial charge in [-0.3, -0.25) is 0 Å². The summed E-state index contributed by atoms with van der Waals surface area (Å²) >= 11 is 6.00. The summed E-state index contributed by atoms with van der Waals surface area (Å²) in [5.74, 6) is 0. The zero-order valence-corrected chi connectivity index (χ0v) is 18.7. The van der Waals surface area contributed by atoms with Crippen LogP contribution in [0.25, 0.3) is 0 Å². The molecule has 0 aliphatic carbocycles. The van der Waals surface area contributed by atoms with Crippen LogP contribution in [0, 0.1) is 0 Å². The second-order valence-electron chi connectivity index (χ2n) is 8.48. The van der Waals surface area contributed by atoms with Crippen molar-refractivity contribution in [3.63, 3.8) is 0 Å². The lowest BCUT2D eigenvalue weighted by atomic mass is 9.84. The molecule has 0 aromatic heterocycles. The van der Waals surface area contributed by atoms with Crippen LogP contribution in [0.5, 0.6) is 0 Å². The van der Waals surface area contributed by atoms with Crippen molar-refractivity contribution >= 4 is 17.3 Å². The summed E-state index contributed by atoms with van der Waals surface area (Å²) < 4.78 is 0. The third-order valence-electron chi connectivity index (χ3n) is 6.30. The number of halogens is 1. The zero-order chi connectivity index (χ0) is 21.5. The van der Waals surface area contributed by atoms with Crippen LogP contribution in [0.2, 0.25) is 5.02 Å². The molecule has 1 fully saturated rings. The Hall–Kier alpha value is -2.33. The summed E-state index contributed by atoms with van der Waals surface area (Å²) in [6, 6.07) is 29.0. The molecule has 1 aliphatic rings.